The van der Waals surface area contributed by atoms with Crippen molar-refractivity contribution >= 4 is 5.91 Å². The summed E-state index contributed by atoms with van der Waals surface area (Å²) < 4.78 is 0. The number of hydrogen-bond donors (Lipinski definition) is 1. The highest BCUT2D eigenvalue weighted by atomic mass is 16.2. The molecule has 0 aliphatic carbocycles. The Morgan fingerprint density at radius 3 is 2.39 bits per heavy atom. The largest absolute Gasteiger partial charge is 0.343 e. The average Bonchev–Trinajstić information content (AvgIpc) is 2.39. The van der Waals surface area contributed by atoms with Crippen LogP contribution in [0.2, 0.25) is 0 Å². The average molecular weight is 254 g/mol. The minimum atomic E-state index is 0.376. The van der Waals surface area contributed by atoms with Crippen LogP contribution in [-0.2, 0) is 4.79 Å². The molecule has 1 aliphatic rings. The molecule has 0 aromatic heterocycles. The van der Waals surface area contributed by atoms with E-state index in [1.807, 2.05) is 0 Å². The molecular formula is C15H30N2O. The molecule has 0 spiro atoms. The van der Waals surface area contributed by atoms with Crippen molar-refractivity contribution in [3.63, 3.8) is 0 Å². The van der Waals surface area contributed by atoms with E-state index in [0.29, 0.717) is 11.9 Å². The smallest absolute Gasteiger partial charge is 0.222 e. The van der Waals surface area contributed by atoms with Crippen LogP contribution in [0, 0.1) is 0 Å². The van der Waals surface area contributed by atoms with Gasteiger partial charge in [-0.25, -0.2) is 0 Å². The van der Waals surface area contributed by atoms with E-state index in [1.165, 1.54) is 25.7 Å². The third kappa shape index (κ3) is 5.85. The van der Waals surface area contributed by atoms with Gasteiger partial charge in [-0.05, 0) is 25.8 Å². The number of nitrogens with zero attached hydrogens (tertiary/aromatic N) is 1. The van der Waals surface area contributed by atoms with Crippen molar-refractivity contribution in [1.82, 2.24) is 10.2 Å². The lowest BCUT2D eigenvalue weighted by Gasteiger charge is -2.32. The van der Waals surface area contributed by atoms with Gasteiger partial charge in [-0.1, -0.05) is 39.5 Å². The lowest BCUT2D eigenvalue weighted by molar-refractivity contribution is -0.132. The van der Waals surface area contributed by atoms with Crippen LogP contribution in [0.25, 0.3) is 0 Å². The highest BCUT2D eigenvalue weighted by Crippen LogP contribution is 2.13. The summed E-state index contributed by atoms with van der Waals surface area (Å²) in [5.41, 5.74) is 0. The molecule has 0 unspecified atom stereocenters. The minimum absolute atomic E-state index is 0.376. The third-order valence-corrected chi connectivity index (χ3v) is 3.83. The number of nitrogens with one attached hydrogen (secondary N) is 1. The number of hydrogen-bond acceptors (Lipinski definition) is 2. The van der Waals surface area contributed by atoms with E-state index in [4.69, 9.17) is 0 Å². The molecule has 0 radical (unpaired) electrons. The monoisotopic (exact) mass is 254 g/mol. The Morgan fingerprint density at radius 2 is 1.78 bits per heavy atom. The molecule has 106 valence electrons. The quantitative estimate of drug-likeness (QED) is 0.675. The van der Waals surface area contributed by atoms with Gasteiger partial charge in [0.25, 0.3) is 0 Å². The van der Waals surface area contributed by atoms with Crippen LogP contribution in [-0.4, -0.2) is 36.5 Å². The number of unbranched alkanes of at least 4 members (excludes halogenated alkanes) is 4. The summed E-state index contributed by atoms with van der Waals surface area (Å²) in [5.74, 6) is 0.376. The van der Waals surface area contributed by atoms with Gasteiger partial charge in [0.15, 0.2) is 0 Å². The molecule has 0 bridgehead atoms. The van der Waals surface area contributed by atoms with Gasteiger partial charge >= 0.3 is 0 Å². The van der Waals surface area contributed by atoms with Crippen molar-refractivity contribution in [2.75, 3.05) is 19.6 Å². The summed E-state index contributed by atoms with van der Waals surface area (Å²) >= 11 is 0. The summed E-state index contributed by atoms with van der Waals surface area (Å²) in [6, 6.07) is 0.628. The Kier molecular flexibility index (Phi) is 8.06. The summed E-state index contributed by atoms with van der Waals surface area (Å²) in [5, 5.41) is 3.47. The van der Waals surface area contributed by atoms with Gasteiger partial charge in [0, 0.05) is 25.6 Å². The van der Waals surface area contributed by atoms with Crippen molar-refractivity contribution in [3.8, 4) is 0 Å². The second-order valence-electron chi connectivity index (χ2n) is 5.38. The van der Waals surface area contributed by atoms with Crippen molar-refractivity contribution in [3.05, 3.63) is 0 Å². The van der Waals surface area contributed by atoms with Gasteiger partial charge in [-0.3, -0.25) is 4.79 Å². The molecule has 3 heteroatoms. The Balaban J connectivity index is 2.08. The van der Waals surface area contributed by atoms with Crippen molar-refractivity contribution in [2.45, 2.75) is 71.3 Å². The molecule has 0 atom stereocenters. The summed E-state index contributed by atoms with van der Waals surface area (Å²) in [7, 11) is 0. The first-order valence-electron chi connectivity index (χ1n) is 7.79. The molecular weight excluding hydrogens is 224 g/mol. The number of rotatable bonds is 8. The van der Waals surface area contributed by atoms with Gasteiger partial charge in [0.05, 0.1) is 0 Å². The van der Waals surface area contributed by atoms with E-state index in [0.717, 1.165) is 45.3 Å². The first-order valence-corrected chi connectivity index (χ1v) is 7.79. The van der Waals surface area contributed by atoms with Crippen molar-refractivity contribution in [2.24, 2.45) is 0 Å². The molecule has 1 aliphatic heterocycles. The lowest BCUT2D eigenvalue weighted by atomic mass is 10.0. The highest BCUT2D eigenvalue weighted by molar-refractivity contribution is 5.76. The van der Waals surface area contributed by atoms with E-state index >= 15 is 0 Å². The van der Waals surface area contributed by atoms with E-state index < -0.39 is 0 Å². The molecule has 1 fully saturated rings. The summed E-state index contributed by atoms with van der Waals surface area (Å²) in [4.78, 5) is 14.1. The van der Waals surface area contributed by atoms with Crippen LogP contribution in [0.1, 0.15) is 65.2 Å². The SMILES string of the molecule is CCCCCCCC(=O)N1CCC(NCC)CC1. The van der Waals surface area contributed by atoms with E-state index in [9.17, 15) is 4.79 Å². The number of piperidine rings is 1. The fraction of sp³-hybridized carbons (Fsp3) is 0.933. The predicted molar refractivity (Wildman–Crippen MR) is 76.7 cm³/mol. The number of carbonyl (C=O) groups is 1. The molecule has 1 saturated heterocycles. The highest BCUT2D eigenvalue weighted by Gasteiger charge is 2.21. The zero-order valence-corrected chi connectivity index (χ0v) is 12.2. The predicted octanol–water partition coefficient (Wildman–Crippen LogP) is 2.95. The van der Waals surface area contributed by atoms with Crippen LogP contribution in [0.15, 0.2) is 0 Å². The topological polar surface area (TPSA) is 32.3 Å². The van der Waals surface area contributed by atoms with E-state index in [-0.39, 0.29) is 0 Å². The van der Waals surface area contributed by atoms with Crippen LogP contribution in [0.4, 0.5) is 0 Å². The van der Waals surface area contributed by atoms with Gasteiger partial charge in [0.1, 0.15) is 0 Å². The van der Waals surface area contributed by atoms with Crippen molar-refractivity contribution in [1.29, 1.82) is 0 Å². The molecule has 1 N–H and O–H groups in total. The number of amides is 1. The molecule has 1 heterocycles. The minimum Gasteiger partial charge on any atom is -0.343 e. The second kappa shape index (κ2) is 9.37. The van der Waals surface area contributed by atoms with Gasteiger partial charge < -0.3 is 10.2 Å². The number of carbonyl (C=O) groups excluding carboxylic acids is 1. The second-order valence-corrected chi connectivity index (χ2v) is 5.38. The lowest BCUT2D eigenvalue weighted by Crippen LogP contribution is -2.44. The Hall–Kier alpha value is -0.570. The molecule has 18 heavy (non-hydrogen) atoms. The van der Waals surface area contributed by atoms with Crippen molar-refractivity contribution < 1.29 is 4.79 Å². The summed E-state index contributed by atoms with van der Waals surface area (Å²) in [6.45, 7) is 7.31. The fourth-order valence-electron chi connectivity index (χ4n) is 2.66. The van der Waals surface area contributed by atoms with Gasteiger partial charge in [-0.2, -0.15) is 0 Å². The van der Waals surface area contributed by atoms with Gasteiger partial charge in [0.2, 0.25) is 5.91 Å². The molecule has 0 aromatic rings. The molecule has 0 saturated carbocycles. The number of likely N-dealkylation sites (tertiary alicyclic amines) is 1. The maximum absolute atomic E-state index is 12.0. The van der Waals surface area contributed by atoms with E-state index in [1.54, 1.807) is 0 Å². The standard InChI is InChI=1S/C15H30N2O/c1-3-5-6-7-8-9-15(18)17-12-10-14(11-13-17)16-4-2/h14,16H,3-13H2,1-2H3. The molecule has 3 nitrogen and oxygen atoms in total. The molecule has 1 amide bonds. The first-order chi connectivity index (χ1) is 8.77. The third-order valence-electron chi connectivity index (χ3n) is 3.83. The Labute approximate surface area is 112 Å². The molecule has 1 rings (SSSR count). The van der Waals surface area contributed by atoms with Crippen LogP contribution < -0.4 is 5.32 Å². The van der Waals surface area contributed by atoms with Crippen LogP contribution in [0.3, 0.4) is 0 Å². The summed E-state index contributed by atoms with van der Waals surface area (Å²) in [6.07, 6.45) is 9.15. The van der Waals surface area contributed by atoms with Gasteiger partial charge in [-0.15, -0.1) is 0 Å². The van der Waals surface area contributed by atoms with E-state index in [2.05, 4.69) is 24.1 Å². The van der Waals surface area contributed by atoms with Crippen LogP contribution >= 0.6 is 0 Å². The first kappa shape index (κ1) is 15.5. The zero-order valence-electron chi connectivity index (χ0n) is 12.2. The normalized spacial score (nSPS) is 17.1. The maximum atomic E-state index is 12.0. The Bertz CT molecular complexity index is 223. The zero-order chi connectivity index (χ0) is 13.2. The maximum Gasteiger partial charge on any atom is 0.222 e. The fourth-order valence-corrected chi connectivity index (χ4v) is 2.66. The Morgan fingerprint density at radius 1 is 1.11 bits per heavy atom. The molecule has 0 aromatic carbocycles. The van der Waals surface area contributed by atoms with Crippen LogP contribution in [0.5, 0.6) is 0 Å².